The van der Waals surface area contributed by atoms with Crippen molar-refractivity contribution in [3.05, 3.63) is 47.0 Å². The molecule has 0 spiro atoms. The molecular formula is C17H18N4O3S. The van der Waals surface area contributed by atoms with E-state index in [1.807, 2.05) is 35.2 Å². The monoisotopic (exact) mass is 358 g/mol. The van der Waals surface area contributed by atoms with Crippen LogP contribution in [0.1, 0.15) is 20.8 Å². The van der Waals surface area contributed by atoms with Gasteiger partial charge < -0.3 is 14.5 Å². The summed E-state index contributed by atoms with van der Waals surface area (Å²) in [5.41, 5.74) is 1.05. The van der Waals surface area contributed by atoms with E-state index >= 15 is 0 Å². The van der Waals surface area contributed by atoms with Crippen LogP contribution >= 0.6 is 11.5 Å². The first-order valence-electron chi connectivity index (χ1n) is 8.24. The van der Waals surface area contributed by atoms with Gasteiger partial charge in [-0.15, -0.1) is 5.10 Å². The van der Waals surface area contributed by atoms with Crippen LogP contribution in [0.4, 0.5) is 0 Å². The molecule has 0 bridgehead atoms. The molecule has 0 aliphatic carbocycles. The van der Waals surface area contributed by atoms with E-state index in [4.69, 9.17) is 4.74 Å². The molecule has 0 N–H and O–H groups in total. The minimum Gasteiger partial charge on any atom is -0.374 e. The first-order valence-corrected chi connectivity index (χ1v) is 9.08. The summed E-state index contributed by atoms with van der Waals surface area (Å²) in [7, 11) is 0. The number of hydrogen-bond donors (Lipinski definition) is 0. The summed E-state index contributed by atoms with van der Waals surface area (Å²) >= 11 is 1.16. The topological polar surface area (TPSA) is 75.6 Å². The Kier molecular flexibility index (Phi) is 4.46. The van der Waals surface area contributed by atoms with Crippen LogP contribution in [0.25, 0.3) is 0 Å². The van der Waals surface area contributed by atoms with Gasteiger partial charge in [0.05, 0.1) is 12.7 Å². The van der Waals surface area contributed by atoms with Crippen LogP contribution in [0.2, 0.25) is 0 Å². The lowest BCUT2D eigenvalue weighted by Gasteiger charge is -2.23. The first kappa shape index (κ1) is 16.2. The molecule has 2 aromatic rings. The summed E-state index contributed by atoms with van der Waals surface area (Å²) in [5, 5.41) is 5.51. The normalized spacial score (nSPS) is 23.2. The third-order valence-corrected chi connectivity index (χ3v) is 5.21. The molecule has 3 heterocycles. The molecule has 0 unspecified atom stereocenters. The molecule has 2 aliphatic rings. The molecule has 1 aromatic carbocycles. The Labute approximate surface area is 149 Å². The molecule has 25 heavy (non-hydrogen) atoms. The van der Waals surface area contributed by atoms with Crippen LogP contribution in [0.3, 0.4) is 0 Å². The van der Waals surface area contributed by atoms with Crippen LogP contribution < -0.4 is 0 Å². The van der Waals surface area contributed by atoms with E-state index in [0.29, 0.717) is 44.0 Å². The highest BCUT2D eigenvalue weighted by atomic mass is 32.1. The highest BCUT2D eigenvalue weighted by Crippen LogP contribution is 2.25. The molecule has 7 nitrogen and oxygen atoms in total. The second kappa shape index (κ2) is 6.89. The van der Waals surface area contributed by atoms with Crippen molar-refractivity contribution in [3.63, 3.8) is 0 Å². The van der Waals surface area contributed by atoms with Crippen molar-refractivity contribution in [3.8, 4) is 0 Å². The molecule has 2 saturated heterocycles. The van der Waals surface area contributed by atoms with E-state index in [9.17, 15) is 9.59 Å². The Morgan fingerprint density at radius 2 is 1.88 bits per heavy atom. The van der Waals surface area contributed by atoms with Gasteiger partial charge in [0.2, 0.25) is 0 Å². The second-order valence-electron chi connectivity index (χ2n) is 6.29. The number of carbonyl (C=O) groups is 2. The molecule has 2 aliphatic heterocycles. The van der Waals surface area contributed by atoms with Crippen molar-refractivity contribution < 1.29 is 14.3 Å². The summed E-state index contributed by atoms with van der Waals surface area (Å²) in [5.74, 6) is 0.00962. The standard InChI is InChI=1S/C17H18N4O3S/c22-16(12-4-2-1-3-5-12)20-6-7-24-15-10-21(9-13(15)8-20)17(23)14-11-25-19-18-14/h1-5,11,13,15H,6-10H2/t13-,15+/m0/s1. The molecule has 0 radical (unpaired) electrons. The van der Waals surface area contributed by atoms with Crippen LogP contribution in [0, 0.1) is 5.92 Å². The number of aromatic nitrogens is 2. The van der Waals surface area contributed by atoms with E-state index < -0.39 is 0 Å². The van der Waals surface area contributed by atoms with Gasteiger partial charge in [0.1, 0.15) is 0 Å². The smallest absolute Gasteiger partial charge is 0.275 e. The zero-order chi connectivity index (χ0) is 17.2. The number of likely N-dealkylation sites (tertiary alicyclic amines) is 1. The lowest BCUT2D eigenvalue weighted by molar-refractivity contribution is 0.0476. The SMILES string of the molecule is O=C(c1ccccc1)N1CCO[C@@H]2CN(C(=O)c3csnn3)C[C@@H]2C1. The zero-order valence-corrected chi connectivity index (χ0v) is 14.4. The molecule has 2 atom stereocenters. The Morgan fingerprint density at radius 1 is 1.08 bits per heavy atom. The Hall–Kier alpha value is -2.32. The lowest BCUT2D eigenvalue weighted by atomic mass is 10.1. The van der Waals surface area contributed by atoms with Crippen LogP contribution in [-0.2, 0) is 4.74 Å². The maximum absolute atomic E-state index is 12.7. The number of rotatable bonds is 2. The van der Waals surface area contributed by atoms with Gasteiger partial charge in [-0.25, -0.2) is 0 Å². The predicted molar refractivity (Wildman–Crippen MR) is 91.4 cm³/mol. The van der Waals surface area contributed by atoms with Gasteiger partial charge in [-0.3, -0.25) is 9.59 Å². The van der Waals surface area contributed by atoms with Gasteiger partial charge in [-0.2, -0.15) is 0 Å². The third kappa shape index (κ3) is 3.27. The summed E-state index contributed by atoms with van der Waals surface area (Å²) in [6.07, 6.45) is -0.0379. The Balaban J connectivity index is 1.46. The van der Waals surface area contributed by atoms with Crippen LogP contribution in [-0.4, -0.2) is 70.1 Å². The fourth-order valence-electron chi connectivity index (χ4n) is 3.43. The molecule has 4 rings (SSSR count). The highest BCUT2D eigenvalue weighted by molar-refractivity contribution is 7.03. The van der Waals surface area contributed by atoms with Crippen molar-refractivity contribution in [1.29, 1.82) is 0 Å². The van der Waals surface area contributed by atoms with E-state index in [1.165, 1.54) is 0 Å². The van der Waals surface area contributed by atoms with Crippen molar-refractivity contribution in [1.82, 2.24) is 19.4 Å². The first-order chi connectivity index (χ1) is 12.2. The van der Waals surface area contributed by atoms with E-state index in [1.54, 1.807) is 10.3 Å². The van der Waals surface area contributed by atoms with E-state index in [-0.39, 0.29) is 23.8 Å². The van der Waals surface area contributed by atoms with Gasteiger partial charge >= 0.3 is 0 Å². The summed E-state index contributed by atoms with van der Waals surface area (Å²) in [6.45, 7) is 2.76. The second-order valence-corrected chi connectivity index (χ2v) is 6.90. The summed E-state index contributed by atoms with van der Waals surface area (Å²) < 4.78 is 9.67. The predicted octanol–water partition coefficient (Wildman–Crippen LogP) is 1.15. The fraction of sp³-hybridized carbons (Fsp3) is 0.412. The van der Waals surface area contributed by atoms with Crippen molar-refractivity contribution in [2.75, 3.05) is 32.8 Å². The summed E-state index contributed by atoms with van der Waals surface area (Å²) in [6, 6.07) is 9.27. The number of carbonyl (C=O) groups excluding carboxylic acids is 2. The molecule has 2 amide bonds. The Bertz CT molecular complexity index is 753. The average Bonchev–Trinajstić information content (AvgIpc) is 3.27. The largest absolute Gasteiger partial charge is 0.374 e. The van der Waals surface area contributed by atoms with Gasteiger partial charge in [0.25, 0.3) is 11.8 Å². The molecule has 8 heteroatoms. The lowest BCUT2D eigenvalue weighted by Crippen LogP contribution is -2.38. The van der Waals surface area contributed by atoms with E-state index in [0.717, 1.165) is 11.5 Å². The molecule has 2 fully saturated rings. The van der Waals surface area contributed by atoms with Crippen molar-refractivity contribution in [2.45, 2.75) is 6.10 Å². The average molecular weight is 358 g/mol. The van der Waals surface area contributed by atoms with Gasteiger partial charge in [0, 0.05) is 43.0 Å². The number of ether oxygens (including phenoxy) is 1. The molecule has 0 saturated carbocycles. The zero-order valence-electron chi connectivity index (χ0n) is 13.6. The summed E-state index contributed by atoms with van der Waals surface area (Å²) in [4.78, 5) is 28.8. The molecule has 1 aromatic heterocycles. The quantitative estimate of drug-likeness (QED) is 0.805. The van der Waals surface area contributed by atoms with Crippen LogP contribution in [0.15, 0.2) is 35.7 Å². The number of amides is 2. The van der Waals surface area contributed by atoms with Crippen molar-refractivity contribution >= 4 is 23.3 Å². The minimum atomic E-state index is -0.119. The van der Waals surface area contributed by atoms with Gasteiger partial charge in [0.15, 0.2) is 5.69 Å². The fourth-order valence-corrected chi connectivity index (χ4v) is 3.86. The highest BCUT2D eigenvalue weighted by Gasteiger charge is 2.40. The van der Waals surface area contributed by atoms with E-state index in [2.05, 4.69) is 9.59 Å². The molecule has 130 valence electrons. The number of benzene rings is 1. The maximum atomic E-state index is 12.7. The maximum Gasteiger partial charge on any atom is 0.275 e. The number of nitrogens with zero attached hydrogens (tertiary/aromatic N) is 4. The van der Waals surface area contributed by atoms with Gasteiger partial charge in [-0.1, -0.05) is 22.7 Å². The van der Waals surface area contributed by atoms with Crippen molar-refractivity contribution in [2.24, 2.45) is 5.92 Å². The number of hydrogen-bond acceptors (Lipinski definition) is 6. The minimum absolute atomic E-state index is 0.0123. The third-order valence-electron chi connectivity index (χ3n) is 4.70. The van der Waals surface area contributed by atoms with Gasteiger partial charge in [-0.05, 0) is 23.7 Å². The molecular weight excluding hydrogens is 340 g/mol. The number of fused-ring (bicyclic) bond motifs is 1. The van der Waals surface area contributed by atoms with Crippen LogP contribution in [0.5, 0.6) is 0 Å². The Morgan fingerprint density at radius 3 is 2.64 bits per heavy atom.